The van der Waals surface area contributed by atoms with E-state index in [9.17, 15) is 0 Å². The van der Waals surface area contributed by atoms with E-state index in [1.165, 1.54) is 29.1 Å². The van der Waals surface area contributed by atoms with Crippen molar-refractivity contribution < 1.29 is 0 Å². The third kappa shape index (κ3) is 4.02. The first-order chi connectivity index (χ1) is 12.2. The molecule has 2 aliphatic rings. The van der Waals surface area contributed by atoms with Crippen molar-refractivity contribution in [3.05, 3.63) is 39.6 Å². The van der Waals surface area contributed by atoms with Gasteiger partial charge in [0.25, 0.3) is 0 Å². The van der Waals surface area contributed by atoms with Crippen molar-refractivity contribution in [3.63, 3.8) is 0 Å². The highest BCUT2D eigenvalue weighted by Crippen LogP contribution is 2.27. The van der Waals surface area contributed by atoms with Crippen molar-refractivity contribution in [1.82, 2.24) is 20.2 Å². The molecule has 0 unspecified atom stereocenters. The maximum absolute atomic E-state index is 4.78. The predicted octanol–water partition coefficient (Wildman–Crippen LogP) is 2.90. The van der Waals surface area contributed by atoms with Gasteiger partial charge in [0.15, 0.2) is 0 Å². The predicted molar refractivity (Wildman–Crippen MR) is 103 cm³/mol. The number of hydrogen-bond donors (Lipinski definition) is 1. The van der Waals surface area contributed by atoms with Crippen molar-refractivity contribution in [3.8, 4) is 0 Å². The lowest BCUT2D eigenvalue weighted by Crippen LogP contribution is -2.46. The number of rotatable bonds is 4. The first-order valence-electron chi connectivity index (χ1n) is 9.28. The molecular formula is C19H27N5S. The van der Waals surface area contributed by atoms with Gasteiger partial charge in [-0.2, -0.15) is 0 Å². The number of nitrogens with one attached hydrogen (secondary N) is 1. The zero-order valence-electron chi connectivity index (χ0n) is 15.2. The standard InChI is InChI=1S/C19H27N5S/c1-14-10-16(11-19(22-14)18-4-3-5-20-18)24-8-6-23(7-9-24)13-17-12-21-15(2)25-17/h10-12,18,20H,3-9,13H2,1-2H3/t18-/m1/s1. The van der Waals surface area contributed by atoms with E-state index in [0.717, 1.165) is 50.0 Å². The summed E-state index contributed by atoms with van der Waals surface area (Å²) < 4.78 is 0. The smallest absolute Gasteiger partial charge is 0.0897 e. The molecule has 0 amide bonds. The Hall–Kier alpha value is -1.50. The van der Waals surface area contributed by atoms with Crippen LogP contribution in [0.25, 0.3) is 0 Å². The van der Waals surface area contributed by atoms with Crippen LogP contribution >= 0.6 is 11.3 Å². The molecule has 2 aromatic rings. The third-order valence-corrected chi connectivity index (χ3v) is 6.06. The molecule has 2 aromatic heterocycles. The Balaban J connectivity index is 1.40. The van der Waals surface area contributed by atoms with Gasteiger partial charge in [0, 0.05) is 61.2 Å². The van der Waals surface area contributed by atoms with Gasteiger partial charge in [0.2, 0.25) is 0 Å². The molecule has 1 N–H and O–H groups in total. The molecular weight excluding hydrogens is 330 g/mol. The average molecular weight is 358 g/mol. The van der Waals surface area contributed by atoms with E-state index in [-0.39, 0.29) is 0 Å². The van der Waals surface area contributed by atoms with Crippen LogP contribution in [0, 0.1) is 13.8 Å². The number of aromatic nitrogens is 2. The second-order valence-corrected chi connectivity index (χ2v) is 8.47. The zero-order chi connectivity index (χ0) is 17.2. The first kappa shape index (κ1) is 16.9. The Labute approximate surface area is 154 Å². The van der Waals surface area contributed by atoms with Gasteiger partial charge in [-0.1, -0.05) is 0 Å². The number of anilines is 1. The minimum Gasteiger partial charge on any atom is -0.369 e. The van der Waals surface area contributed by atoms with Crippen LogP contribution in [0.3, 0.4) is 0 Å². The highest BCUT2D eigenvalue weighted by atomic mass is 32.1. The molecule has 2 fully saturated rings. The average Bonchev–Trinajstić information content (AvgIpc) is 3.27. The highest BCUT2D eigenvalue weighted by molar-refractivity contribution is 7.11. The molecule has 5 nitrogen and oxygen atoms in total. The van der Waals surface area contributed by atoms with Crippen LogP contribution in [-0.4, -0.2) is 47.6 Å². The number of hydrogen-bond acceptors (Lipinski definition) is 6. The van der Waals surface area contributed by atoms with E-state index in [1.54, 1.807) is 0 Å². The third-order valence-electron chi connectivity index (χ3n) is 5.16. The molecule has 25 heavy (non-hydrogen) atoms. The van der Waals surface area contributed by atoms with Crippen LogP contribution in [0.2, 0.25) is 0 Å². The van der Waals surface area contributed by atoms with Crippen LogP contribution < -0.4 is 10.2 Å². The minimum absolute atomic E-state index is 0.439. The summed E-state index contributed by atoms with van der Waals surface area (Å²) in [4.78, 5) is 15.6. The number of aryl methyl sites for hydroxylation is 2. The Morgan fingerprint density at radius 1 is 1.20 bits per heavy atom. The summed E-state index contributed by atoms with van der Waals surface area (Å²) in [6.45, 7) is 10.7. The molecule has 0 saturated carbocycles. The monoisotopic (exact) mass is 357 g/mol. The number of piperazine rings is 1. The molecule has 6 heteroatoms. The van der Waals surface area contributed by atoms with Crippen LogP contribution in [0.5, 0.6) is 0 Å². The molecule has 134 valence electrons. The summed E-state index contributed by atoms with van der Waals surface area (Å²) in [5, 5.41) is 4.73. The quantitative estimate of drug-likeness (QED) is 0.911. The van der Waals surface area contributed by atoms with Crippen molar-refractivity contribution in [2.75, 3.05) is 37.6 Å². The van der Waals surface area contributed by atoms with Gasteiger partial charge in [-0.3, -0.25) is 9.88 Å². The number of thiazole rings is 1. The van der Waals surface area contributed by atoms with Gasteiger partial charge < -0.3 is 10.2 Å². The van der Waals surface area contributed by atoms with Crippen LogP contribution in [-0.2, 0) is 6.54 Å². The molecule has 0 spiro atoms. The molecule has 1 atom stereocenters. The van der Waals surface area contributed by atoms with E-state index in [1.807, 2.05) is 17.5 Å². The molecule has 0 aliphatic carbocycles. The summed E-state index contributed by atoms with van der Waals surface area (Å²) in [5.41, 5.74) is 3.68. The lowest BCUT2D eigenvalue weighted by Gasteiger charge is -2.36. The van der Waals surface area contributed by atoms with E-state index in [4.69, 9.17) is 4.98 Å². The SMILES string of the molecule is Cc1cc(N2CCN(Cc3cnc(C)s3)CC2)cc([C@H]2CCCN2)n1. The van der Waals surface area contributed by atoms with Crippen molar-refractivity contribution >= 4 is 17.0 Å². The normalized spacial score (nSPS) is 21.8. The van der Waals surface area contributed by atoms with Crippen LogP contribution in [0.15, 0.2) is 18.3 Å². The van der Waals surface area contributed by atoms with Gasteiger partial charge in [-0.25, -0.2) is 4.98 Å². The molecule has 4 heterocycles. The summed E-state index contributed by atoms with van der Waals surface area (Å²) in [5.74, 6) is 0. The molecule has 2 saturated heterocycles. The zero-order valence-corrected chi connectivity index (χ0v) is 16.0. The van der Waals surface area contributed by atoms with Crippen LogP contribution in [0.4, 0.5) is 5.69 Å². The molecule has 0 aromatic carbocycles. The summed E-state index contributed by atoms with van der Waals surface area (Å²) in [6.07, 6.45) is 4.49. The first-order valence-corrected chi connectivity index (χ1v) is 10.1. The van der Waals surface area contributed by atoms with Crippen LogP contribution in [0.1, 0.15) is 40.2 Å². The van der Waals surface area contributed by atoms with Gasteiger partial charge in [0.1, 0.15) is 0 Å². The van der Waals surface area contributed by atoms with Gasteiger partial charge in [-0.15, -0.1) is 11.3 Å². The Morgan fingerprint density at radius 2 is 2.04 bits per heavy atom. The maximum atomic E-state index is 4.78. The molecule has 2 aliphatic heterocycles. The second-order valence-electron chi connectivity index (χ2n) is 7.15. The highest BCUT2D eigenvalue weighted by Gasteiger charge is 2.22. The van der Waals surface area contributed by atoms with Crippen molar-refractivity contribution in [2.24, 2.45) is 0 Å². The minimum atomic E-state index is 0.439. The Morgan fingerprint density at radius 3 is 2.72 bits per heavy atom. The van der Waals surface area contributed by atoms with Crippen molar-refractivity contribution in [1.29, 1.82) is 0 Å². The second kappa shape index (κ2) is 7.40. The van der Waals surface area contributed by atoms with Gasteiger partial charge in [-0.05, 0) is 45.4 Å². The summed E-state index contributed by atoms with van der Waals surface area (Å²) in [6, 6.07) is 4.98. The van der Waals surface area contributed by atoms with E-state index in [0.29, 0.717) is 6.04 Å². The topological polar surface area (TPSA) is 44.3 Å². The molecule has 4 rings (SSSR count). The molecule has 0 radical (unpaired) electrons. The molecule has 0 bridgehead atoms. The Kier molecular flexibility index (Phi) is 5.01. The van der Waals surface area contributed by atoms with Crippen molar-refractivity contribution in [2.45, 2.75) is 39.3 Å². The van der Waals surface area contributed by atoms with E-state index < -0.39 is 0 Å². The number of pyridine rings is 1. The largest absolute Gasteiger partial charge is 0.369 e. The van der Waals surface area contributed by atoms with E-state index >= 15 is 0 Å². The number of nitrogens with zero attached hydrogens (tertiary/aromatic N) is 4. The maximum Gasteiger partial charge on any atom is 0.0897 e. The fraction of sp³-hybridized carbons (Fsp3) is 0.579. The lowest BCUT2D eigenvalue weighted by atomic mass is 10.1. The fourth-order valence-electron chi connectivity index (χ4n) is 3.84. The lowest BCUT2D eigenvalue weighted by molar-refractivity contribution is 0.252. The summed E-state index contributed by atoms with van der Waals surface area (Å²) >= 11 is 1.81. The fourth-order valence-corrected chi connectivity index (χ4v) is 4.67. The Bertz CT molecular complexity index is 714. The summed E-state index contributed by atoms with van der Waals surface area (Å²) in [7, 11) is 0. The van der Waals surface area contributed by atoms with E-state index in [2.05, 4.69) is 46.1 Å². The van der Waals surface area contributed by atoms with Gasteiger partial charge >= 0.3 is 0 Å². The van der Waals surface area contributed by atoms with Gasteiger partial charge in [0.05, 0.1) is 10.7 Å².